The third kappa shape index (κ3) is 1.83. The van der Waals surface area contributed by atoms with Crippen LogP contribution in [-0.2, 0) is 0 Å². The lowest BCUT2D eigenvalue weighted by Crippen LogP contribution is -2.50. The Bertz CT molecular complexity index is 1630. The summed E-state index contributed by atoms with van der Waals surface area (Å²) in [5, 5.41) is 0. The summed E-state index contributed by atoms with van der Waals surface area (Å²) in [5.74, 6) is 0.875. The number of hydrogen-bond donors (Lipinski definition) is 0. The molecule has 0 N–H and O–H groups in total. The van der Waals surface area contributed by atoms with Gasteiger partial charge in [-0.1, -0.05) is 90.8 Å². The lowest BCUT2D eigenvalue weighted by molar-refractivity contribution is 0.219. The van der Waals surface area contributed by atoms with E-state index in [0.717, 1.165) is 0 Å². The summed E-state index contributed by atoms with van der Waals surface area (Å²) in [6.07, 6.45) is 10.7. The maximum atomic E-state index is 2.73. The van der Waals surface area contributed by atoms with Crippen LogP contribution in [0.25, 0.3) is 0 Å². The molecule has 0 bridgehead atoms. The predicted octanol–water partition coefficient (Wildman–Crippen LogP) is 9.69. The third-order valence-corrected chi connectivity index (χ3v) is 14.0. The van der Waals surface area contributed by atoms with Gasteiger partial charge >= 0.3 is 0 Å². The average Bonchev–Trinajstić information content (AvgIpc) is 3.33. The van der Waals surface area contributed by atoms with Crippen LogP contribution in [0.1, 0.15) is 83.1 Å². The second-order valence-electron chi connectivity index (χ2n) is 15.5. The van der Waals surface area contributed by atoms with Gasteiger partial charge in [0.25, 0.3) is 0 Å². The SMILES string of the molecule is CC1=C(C)C2=C3C1=CC1=C(C)C(C)=C4C=C5C6=C(C=C7[C@@H](C(=C2)C(C)(C)C7(C)C)C36[C@@H]14)C(C)(C)C5(C)C. The molecule has 1 saturated carbocycles. The van der Waals surface area contributed by atoms with Crippen molar-refractivity contribution >= 4 is 0 Å². The number of allylic oxidation sites excluding steroid dienone is 18. The Morgan fingerprint density at radius 3 is 1.70 bits per heavy atom. The van der Waals surface area contributed by atoms with Gasteiger partial charge in [-0.25, -0.2) is 0 Å². The maximum Gasteiger partial charge on any atom is 0.0432 e. The second-order valence-corrected chi connectivity index (χ2v) is 15.5. The summed E-state index contributed by atoms with van der Waals surface area (Å²) in [5.41, 5.74) is 22.8. The van der Waals surface area contributed by atoms with E-state index >= 15 is 0 Å². The molecule has 8 rings (SSSR count). The first kappa shape index (κ1) is 22.6. The zero-order chi connectivity index (χ0) is 26.6. The van der Waals surface area contributed by atoms with Crippen molar-refractivity contribution in [1.29, 1.82) is 0 Å². The molecule has 0 aromatic carbocycles. The minimum Gasteiger partial charge on any atom is -0.0577 e. The highest BCUT2D eigenvalue weighted by molar-refractivity contribution is 5.85. The third-order valence-electron chi connectivity index (χ3n) is 14.0. The van der Waals surface area contributed by atoms with Gasteiger partial charge in [0.15, 0.2) is 0 Å². The summed E-state index contributed by atoms with van der Waals surface area (Å²) in [6.45, 7) is 29.9. The molecule has 8 aliphatic rings. The summed E-state index contributed by atoms with van der Waals surface area (Å²) in [6, 6.07) is 0. The van der Waals surface area contributed by atoms with Gasteiger partial charge in [-0.15, -0.1) is 0 Å². The highest BCUT2D eigenvalue weighted by Gasteiger charge is 2.73. The fourth-order valence-electron chi connectivity index (χ4n) is 10.2. The van der Waals surface area contributed by atoms with Crippen LogP contribution in [0.2, 0.25) is 0 Å². The van der Waals surface area contributed by atoms with Gasteiger partial charge < -0.3 is 0 Å². The number of hydrogen-bond acceptors (Lipinski definition) is 0. The quantitative estimate of drug-likeness (QED) is 0.320. The molecule has 0 aliphatic heterocycles. The Hall–Kier alpha value is -2.34. The molecule has 0 heterocycles. The van der Waals surface area contributed by atoms with Gasteiger partial charge in [-0.05, 0) is 116 Å². The molecule has 8 aliphatic carbocycles. The molecular formula is C37H42. The summed E-state index contributed by atoms with van der Waals surface area (Å²) in [4.78, 5) is 0. The van der Waals surface area contributed by atoms with Crippen LogP contribution in [0.4, 0.5) is 0 Å². The molecule has 1 spiro atoms. The maximum absolute atomic E-state index is 2.73. The first-order chi connectivity index (χ1) is 17.1. The minimum atomic E-state index is -0.0220. The molecular weight excluding hydrogens is 444 g/mol. The van der Waals surface area contributed by atoms with E-state index < -0.39 is 0 Å². The molecule has 0 aromatic heterocycles. The van der Waals surface area contributed by atoms with Crippen LogP contribution in [0, 0.1) is 38.9 Å². The van der Waals surface area contributed by atoms with Crippen molar-refractivity contribution in [3.8, 4) is 0 Å². The van der Waals surface area contributed by atoms with Gasteiger partial charge in [0.1, 0.15) is 0 Å². The predicted molar refractivity (Wildman–Crippen MR) is 155 cm³/mol. The van der Waals surface area contributed by atoms with Crippen molar-refractivity contribution in [2.45, 2.75) is 83.1 Å². The van der Waals surface area contributed by atoms with E-state index in [1.54, 1.807) is 55.7 Å². The van der Waals surface area contributed by atoms with Crippen LogP contribution in [0.3, 0.4) is 0 Å². The van der Waals surface area contributed by atoms with E-state index in [2.05, 4.69) is 107 Å². The second kappa shape index (κ2) is 5.66. The highest BCUT2D eigenvalue weighted by Crippen LogP contribution is 2.83. The van der Waals surface area contributed by atoms with Crippen molar-refractivity contribution in [2.75, 3.05) is 0 Å². The molecule has 0 amide bonds. The Balaban J connectivity index is 1.66. The van der Waals surface area contributed by atoms with E-state index in [1.165, 1.54) is 22.3 Å². The molecule has 3 atom stereocenters. The largest absolute Gasteiger partial charge is 0.0577 e. The molecule has 1 fully saturated rings. The summed E-state index contributed by atoms with van der Waals surface area (Å²) in [7, 11) is 0. The molecule has 37 heavy (non-hydrogen) atoms. The van der Waals surface area contributed by atoms with E-state index in [1.807, 2.05) is 0 Å². The Labute approximate surface area is 224 Å². The zero-order valence-electron chi connectivity index (χ0n) is 25.0. The molecule has 0 saturated heterocycles. The normalized spacial score (nSPS) is 37.7. The first-order valence-corrected chi connectivity index (χ1v) is 14.5. The van der Waals surface area contributed by atoms with Gasteiger partial charge in [-0.3, -0.25) is 0 Å². The first-order valence-electron chi connectivity index (χ1n) is 14.5. The smallest absolute Gasteiger partial charge is 0.0432 e. The van der Waals surface area contributed by atoms with Crippen LogP contribution in [-0.4, -0.2) is 0 Å². The van der Waals surface area contributed by atoms with E-state index in [4.69, 9.17) is 0 Å². The zero-order valence-corrected chi connectivity index (χ0v) is 25.0. The van der Waals surface area contributed by atoms with Gasteiger partial charge in [0, 0.05) is 17.3 Å². The van der Waals surface area contributed by atoms with Crippen molar-refractivity contribution < 1.29 is 0 Å². The molecule has 0 nitrogen and oxygen atoms in total. The highest BCUT2D eigenvalue weighted by atomic mass is 14.8. The van der Waals surface area contributed by atoms with Crippen molar-refractivity contribution in [2.24, 2.45) is 38.9 Å². The summed E-state index contributed by atoms with van der Waals surface area (Å²) < 4.78 is 0. The lowest BCUT2D eigenvalue weighted by Gasteiger charge is -2.58. The van der Waals surface area contributed by atoms with E-state index in [9.17, 15) is 0 Å². The molecule has 190 valence electrons. The minimum absolute atomic E-state index is 0.0220. The Morgan fingerprint density at radius 1 is 0.514 bits per heavy atom. The number of rotatable bonds is 0. The topological polar surface area (TPSA) is 0 Å². The van der Waals surface area contributed by atoms with Crippen LogP contribution in [0.5, 0.6) is 0 Å². The van der Waals surface area contributed by atoms with Gasteiger partial charge in [-0.2, -0.15) is 0 Å². The van der Waals surface area contributed by atoms with E-state index in [-0.39, 0.29) is 27.1 Å². The average molecular weight is 487 g/mol. The van der Waals surface area contributed by atoms with Gasteiger partial charge in [0.2, 0.25) is 0 Å². The Kier molecular flexibility index (Phi) is 3.46. The van der Waals surface area contributed by atoms with Crippen LogP contribution >= 0.6 is 0 Å². The van der Waals surface area contributed by atoms with Crippen molar-refractivity contribution in [3.05, 3.63) is 102 Å². The molecule has 0 radical (unpaired) electrons. The van der Waals surface area contributed by atoms with Crippen LogP contribution < -0.4 is 0 Å². The molecule has 1 unspecified atom stereocenters. The van der Waals surface area contributed by atoms with E-state index in [0.29, 0.717) is 11.8 Å². The van der Waals surface area contributed by atoms with Gasteiger partial charge in [0.05, 0.1) is 0 Å². The fourth-order valence-corrected chi connectivity index (χ4v) is 10.2. The molecule has 0 aromatic rings. The van der Waals surface area contributed by atoms with Crippen molar-refractivity contribution in [1.82, 2.24) is 0 Å². The van der Waals surface area contributed by atoms with Crippen molar-refractivity contribution in [3.63, 3.8) is 0 Å². The van der Waals surface area contributed by atoms with Crippen LogP contribution in [0.15, 0.2) is 102 Å². The monoisotopic (exact) mass is 486 g/mol. The summed E-state index contributed by atoms with van der Waals surface area (Å²) >= 11 is 0. The standard InChI is InChI=1S/C37H42/c1-17-19(3)23-14-25-31-27(35(9,10)33(25,5)6)16-28-32-26(34(7,8)36(28,11)12)15-24-20(4)18(2)22-13-21(17)29(23)37(31,32)30(22)24/h13-16,29,32H,1-12H3/t29-,32+,37?/m0/s1. The Morgan fingerprint density at radius 2 is 1.08 bits per heavy atom. The molecule has 0 heteroatoms. The lowest BCUT2D eigenvalue weighted by atomic mass is 9.44. The fraction of sp³-hybridized carbons (Fsp3) is 0.514.